The van der Waals surface area contributed by atoms with Gasteiger partial charge < -0.3 is 0 Å². The van der Waals surface area contributed by atoms with Crippen molar-refractivity contribution >= 4 is 41.0 Å². The van der Waals surface area contributed by atoms with E-state index in [-0.39, 0.29) is 11.4 Å². The van der Waals surface area contributed by atoms with E-state index in [0.717, 1.165) is 5.56 Å². The van der Waals surface area contributed by atoms with Gasteiger partial charge in [0.15, 0.2) is 5.69 Å². The first kappa shape index (κ1) is 19.5. The Hall–Kier alpha value is -3.23. The zero-order valence-corrected chi connectivity index (χ0v) is 15.8. The molecule has 0 bridgehead atoms. The van der Waals surface area contributed by atoms with Crippen LogP contribution in [0, 0.1) is 10.1 Å². The Labute approximate surface area is 169 Å². The average molecular weight is 418 g/mol. The number of nitrogens with one attached hydrogen (secondary N) is 1. The van der Waals surface area contributed by atoms with Crippen molar-refractivity contribution in [3.8, 4) is 0 Å². The molecule has 0 saturated carbocycles. The van der Waals surface area contributed by atoms with Crippen LogP contribution in [0.25, 0.3) is 0 Å². The van der Waals surface area contributed by atoms with E-state index in [9.17, 15) is 14.9 Å². The first-order chi connectivity index (χ1) is 13.4. The molecule has 28 heavy (non-hydrogen) atoms. The first-order valence-electron chi connectivity index (χ1n) is 7.97. The van der Waals surface area contributed by atoms with Crippen LogP contribution in [0.1, 0.15) is 21.6 Å². The van der Waals surface area contributed by atoms with Gasteiger partial charge in [-0.2, -0.15) is 10.2 Å². The van der Waals surface area contributed by atoms with Gasteiger partial charge in [0.2, 0.25) is 0 Å². The predicted molar refractivity (Wildman–Crippen MR) is 106 cm³/mol. The fourth-order valence-electron chi connectivity index (χ4n) is 2.30. The van der Waals surface area contributed by atoms with Crippen LogP contribution in [0.4, 0.5) is 5.69 Å². The Kier molecular flexibility index (Phi) is 6.03. The van der Waals surface area contributed by atoms with E-state index < -0.39 is 10.8 Å². The van der Waals surface area contributed by atoms with Crippen molar-refractivity contribution in [3.63, 3.8) is 0 Å². The van der Waals surface area contributed by atoms with Crippen LogP contribution in [0.5, 0.6) is 0 Å². The van der Waals surface area contributed by atoms with E-state index >= 15 is 0 Å². The van der Waals surface area contributed by atoms with Crippen LogP contribution in [-0.4, -0.2) is 26.8 Å². The molecule has 3 aromatic rings. The number of hydrogen-bond donors (Lipinski definition) is 1. The molecule has 0 atom stereocenters. The molecule has 0 saturated heterocycles. The zero-order valence-electron chi connectivity index (χ0n) is 14.3. The maximum Gasteiger partial charge on any atom is 0.291 e. The number of hydrogen-bond acceptors (Lipinski definition) is 5. The quantitative estimate of drug-likeness (QED) is 0.373. The predicted octanol–water partition coefficient (Wildman–Crippen LogP) is 3.91. The van der Waals surface area contributed by atoms with Gasteiger partial charge in [0, 0.05) is 18.3 Å². The van der Waals surface area contributed by atoms with Crippen LogP contribution in [0.2, 0.25) is 10.0 Å². The lowest BCUT2D eigenvalue weighted by Gasteiger charge is -2.02. The Morgan fingerprint density at radius 2 is 1.93 bits per heavy atom. The van der Waals surface area contributed by atoms with Gasteiger partial charge in [-0.1, -0.05) is 41.4 Å². The maximum absolute atomic E-state index is 12.1. The third kappa shape index (κ3) is 4.93. The highest BCUT2D eigenvalue weighted by molar-refractivity contribution is 6.42. The Morgan fingerprint density at radius 3 is 2.61 bits per heavy atom. The SMILES string of the molecule is O=C(NN=Cc1ccc(Cl)c(Cl)c1)c1ccn(Cc2ccc([N+](=O)[O-])cc2)n1. The third-order valence-corrected chi connectivity index (χ3v) is 4.43. The van der Waals surface area contributed by atoms with Crippen LogP contribution < -0.4 is 5.43 Å². The molecule has 0 aliphatic carbocycles. The second-order valence-corrected chi connectivity index (χ2v) is 6.51. The van der Waals surface area contributed by atoms with E-state index in [4.69, 9.17) is 23.2 Å². The largest absolute Gasteiger partial charge is 0.291 e. The van der Waals surface area contributed by atoms with Crippen molar-refractivity contribution in [2.24, 2.45) is 5.10 Å². The molecule has 8 nitrogen and oxygen atoms in total. The molecule has 142 valence electrons. The highest BCUT2D eigenvalue weighted by Gasteiger charge is 2.09. The molecule has 3 rings (SSSR count). The summed E-state index contributed by atoms with van der Waals surface area (Å²) in [6.07, 6.45) is 3.08. The van der Waals surface area contributed by atoms with Gasteiger partial charge in [-0.3, -0.25) is 19.6 Å². The highest BCUT2D eigenvalue weighted by Crippen LogP contribution is 2.21. The van der Waals surface area contributed by atoms with Crippen molar-refractivity contribution in [2.75, 3.05) is 0 Å². The number of carbonyl (C=O) groups is 1. The number of non-ortho nitro benzene ring substituents is 1. The molecule has 1 heterocycles. The van der Waals surface area contributed by atoms with Crippen molar-refractivity contribution in [1.82, 2.24) is 15.2 Å². The number of benzene rings is 2. The van der Waals surface area contributed by atoms with Crippen LogP contribution in [0.3, 0.4) is 0 Å². The summed E-state index contributed by atoms with van der Waals surface area (Å²) in [5.74, 6) is -0.473. The van der Waals surface area contributed by atoms with Crippen molar-refractivity contribution in [2.45, 2.75) is 6.54 Å². The molecule has 10 heteroatoms. The maximum atomic E-state index is 12.1. The standard InChI is InChI=1S/C18H13Cl2N5O3/c19-15-6-3-13(9-16(15)20)10-21-22-18(26)17-7-8-24(23-17)11-12-1-4-14(5-2-12)25(27)28/h1-10H,11H2,(H,22,26). The molecule has 2 aromatic carbocycles. The Morgan fingerprint density at radius 1 is 1.18 bits per heavy atom. The minimum absolute atomic E-state index is 0.0177. The number of halogens is 2. The summed E-state index contributed by atoms with van der Waals surface area (Å²) in [6.45, 7) is 0.373. The number of carbonyl (C=O) groups excluding carboxylic acids is 1. The van der Waals surface area contributed by atoms with Gasteiger partial charge in [0.05, 0.1) is 27.7 Å². The monoisotopic (exact) mass is 417 g/mol. The van der Waals surface area contributed by atoms with Gasteiger partial charge in [-0.25, -0.2) is 5.43 Å². The fourth-order valence-corrected chi connectivity index (χ4v) is 2.60. The smallest absolute Gasteiger partial charge is 0.268 e. The van der Waals surface area contributed by atoms with Gasteiger partial charge >= 0.3 is 0 Å². The van der Waals surface area contributed by atoms with Crippen LogP contribution in [-0.2, 0) is 6.54 Å². The Balaban J connectivity index is 1.59. The van der Waals surface area contributed by atoms with Gasteiger partial charge in [0.1, 0.15) is 0 Å². The molecule has 0 radical (unpaired) electrons. The van der Waals surface area contributed by atoms with Crippen LogP contribution >= 0.6 is 23.2 Å². The van der Waals surface area contributed by atoms with E-state index in [2.05, 4.69) is 15.6 Å². The molecule has 0 spiro atoms. The zero-order chi connectivity index (χ0) is 20.1. The Bertz CT molecular complexity index is 1050. The number of aromatic nitrogens is 2. The molecule has 1 aromatic heterocycles. The fraction of sp³-hybridized carbons (Fsp3) is 0.0556. The molecule has 0 aliphatic heterocycles. The third-order valence-electron chi connectivity index (χ3n) is 3.69. The van der Waals surface area contributed by atoms with Crippen molar-refractivity contribution in [3.05, 3.63) is 91.7 Å². The summed E-state index contributed by atoms with van der Waals surface area (Å²) in [7, 11) is 0. The summed E-state index contributed by atoms with van der Waals surface area (Å²) < 4.78 is 1.55. The second kappa shape index (κ2) is 8.64. The molecule has 1 N–H and O–H groups in total. The number of amides is 1. The molecule has 1 amide bonds. The van der Waals surface area contributed by atoms with Gasteiger partial charge in [-0.05, 0) is 29.3 Å². The van der Waals surface area contributed by atoms with Crippen molar-refractivity contribution in [1.29, 1.82) is 0 Å². The normalized spacial score (nSPS) is 10.9. The summed E-state index contributed by atoms with van der Waals surface area (Å²) in [4.78, 5) is 22.3. The number of rotatable bonds is 6. The topological polar surface area (TPSA) is 102 Å². The lowest BCUT2D eigenvalue weighted by atomic mass is 10.2. The minimum atomic E-state index is -0.473. The molecule has 0 aliphatic rings. The summed E-state index contributed by atoms with van der Waals surface area (Å²) in [6, 6.07) is 12.6. The van der Waals surface area contributed by atoms with Crippen molar-refractivity contribution < 1.29 is 9.72 Å². The summed E-state index contributed by atoms with van der Waals surface area (Å²) >= 11 is 11.8. The summed E-state index contributed by atoms with van der Waals surface area (Å²) in [5.41, 5.74) is 4.09. The van der Waals surface area contributed by atoms with E-state index in [1.165, 1.54) is 18.3 Å². The molecular weight excluding hydrogens is 405 g/mol. The molecular formula is C18H13Cl2N5O3. The van der Waals surface area contributed by atoms with Gasteiger partial charge in [-0.15, -0.1) is 0 Å². The average Bonchev–Trinajstić information content (AvgIpc) is 3.13. The van der Waals surface area contributed by atoms with E-state index in [1.807, 2.05) is 0 Å². The number of hydrazone groups is 1. The summed E-state index contributed by atoms with van der Waals surface area (Å²) in [5, 5.41) is 19.5. The number of nitro benzene ring substituents is 1. The van der Waals surface area contributed by atoms with Crippen LogP contribution in [0.15, 0.2) is 59.8 Å². The van der Waals surface area contributed by atoms with Gasteiger partial charge in [0.25, 0.3) is 11.6 Å². The lowest BCUT2D eigenvalue weighted by molar-refractivity contribution is -0.384. The number of nitrogens with zero attached hydrogens (tertiary/aromatic N) is 4. The second-order valence-electron chi connectivity index (χ2n) is 5.69. The lowest BCUT2D eigenvalue weighted by Crippen LogP contribution is -2.18. The van der Waals surface area contributed by atoms with E-state index in [1.54, 1.807) is 47.3 Å². The molecule has 0 unspecified atom stereocenters. The first-order valence-corrected chi connectivity index (χ1v) is 8.73. The minimum Gasteiger partial charge on any atom is -0.268 e. The highest BCUT2D eigenvalue weighted by atomic mass is 35.5. The van der Waals surface area contributed by atoms with E-state index in [0.29, 0.717) is 22.2 Å². The molecule has 0 fully saturated rings. The number of nitro groups is 1.